The number of nitrogens with zero attached hydrogens (tertiary/aromatic N) is 1. The summed E-state index contributed by atoms with van der Waals surface area (Å²) < 4.78 is 41.0. The number of carbonyl (C=O) groups is 1. The fourth-order valence-corrected chi connectivity index (χ4v) is 5.29. The maximum Gasteiger partial charge on any atom is 0.433 e. The lowest BCUT2D eigenvalue weighted by Gasteiger charge is -2.31. The Labute approximate surface area is 212 Å². The Morgan fingerprint density at radius 1 is 1.06 bits per heavy atom. The van der Waals surface area contributed by atoms with Crippen molar-refractivity contribution in [1.82, 2.24) is 15.3 Å². The summed E-state index contributed by atoms with van der Waals surface area (Å²) in [6, 6.07) is 11.3. The van der Waals surface area contributed by atoms with Gasteiger partial charge in [0.15, 0.2) is 0 Å². The zero-order chi connectivity index (χ0) is 24.7. The number of amides is 1. The fourth-order valence-electron chi connectivity index (χ4n) is 4.64. The van der Waals surface area contributed by atoms with Crippen LogP contribution in [0.3, 0.4) is 0 Å². The van der Waals surface area contributed by atoms with Crippen LogP contribution in [0, 0.1) is 0 Å². The molecule has 10 heteroatoms. The molecule has 0 saturated heterocycles. The molecule has 0 unspecified atom stereocenters. The van der Waals surface area contributed by atoms with E-state index in [0.29, 0.717) is 47.3 Å². The molecule has 0 aliphatic heterocycles. The number of benzene rings is 2. The number of fused-ring (bicyclic) bond motifs is 2. The Bertz CT molecular complexity index is 1410. The quantitative estimate of drug-likeness (QED) is 0.243. The summed E-state index contributed by atoms with van der Waals surface area (Å²) in [6.45, 7) is 0. The second-order valence-corrected chi connectivity index (χ2v) is 10.1. The van der Waals surface area contributed by atoms with Crippen LogP contribution in [0.15, 0.2) is 53.1 Å². The molecule has 1 aliphatic rings. The highest BCUT2D eigenvalue weighted by Crippen LogP contribution is 2.35. The van der Waals surface area contributed by atoms with E-state index in [9.17, 15) is 18.0 Å². The maximum absolute atomic E-state index is 13.4. The molecule has 1 amide bonds. The normalized spacial score (nSPS) is 18.7. The summed E-state index contributed by atoms with van der Waals surface area (Å²) in [7, 11) is 0. The summed E-state index contributed by atoms with van der Waals surface area (Å²) in [5.41, 5.74) is 1.00. The molecule has 3 N–H and O–H groups in total. The Balaban J connectivity index is 1.28. The van der Waals surface area contributed by atoms with Crippen LogP contribution in [0.5, 0.6) is 0 Å². The van der Waals surface area contributed by atoms with Gasteiger partial charge in [0.25, 0.3) is 5.91 Å². The monoisotopic (exact) mass is 564 g/mol. The van der Waals surface area contributed by atoms with Crippen molar-refractivity contribution in [3.63, 3.8) is 0 Å². The molecule has 35 heavy (non-hydrogen) atoms. The van der Waals surface area contributed by atoms with E-state index in [1.54, 1.807) is 18.3 Å². The summed E-state index contributed by atoms with van der Waals surface area (Å²) in [5.74, 6) is -0.153. The van der Waals surface area contributed by atoms with E-state index < -0.39 is 11.9 Å². The van der Waals surface area contributed by atoms with E-state index in [1.165, 1.54) is 12.1 Å². The molecule has 5 nitrogen and oxygen atoms in total. The lowest BCUT2D eigenvalue weighted by atomic mass is 9.90. The molecule has 182 valence electrons. The van der Waals surface area contributed by atoms with E-state index in [0.717, 1.165) is 21.4 Å². The lowest BCUT2D eigenvalue weighted by Crippen LogP contribution is -2.40. The van der Waals surface area contributed by atoms with Gasteiger partial charge in [0.05, 0.1) is 16.6 Å². The second-order valence-electron chi connectivity index (χ2n) is 8.78. The molecule has 4 aromatic rings. The van der Waals surface area contributed by atoms with Crippen LogP contribution >= 0.6 is 27.5 Å². The van der Waals surface area contributed by atoms with Crippen LogP contribution in [0.25, 0.3) is 21.8 Å². The van der Waals surface area contributed by atoms with Gasteiger partial charge in [-0.25, -0.2) is 4.98 Å². The zero-order valence-electron chi connectivity index (χ0n) is 18.3. The van der Waals surface area contributed by atoms with Crippen molar-refractivity contribution in [2.45, 2.75) is 43.9 Å². The van der Waals surface area contributed by atoms with Gasteiger partial charge in [0, 0.05) is 44.2 Å². The molecule has 0 spiro atoms. The number of rotatable bonds is 4. The molecular weight excluding hydrogens is 545 g/mol. The number of hydrogen-bond acceptors (Lipinski definition) is 3. The Morgan fingerprint density at radius 2 is 1.80 bits per heavy atom. The first kappa shape index (κ1) is 23.9. The van der Waals surface area contributed by atoms with Gasteiger partial charge in [0.1, 0.15) is 5.69 Å². The van der Waals surface area contributed by atoms with Crippen molar-refractivity contribution >= 4 is 60.9 Å². The molecule has 1 aliphatic carbocycles. The molecule has 2 aromatic carbocycles. The topological polar surface area (TPSA) is 69.8 Å². The van der Waals surface area contributed by atoms with Crippen LogP contribution in [-0.4, -0.2) is 28.0 Å². The zero-order valence-corrected chi connectivity index (χ0v) is 20.7. The van der Waals surface area contributed by atoms with Gasteiger partial charge in [-0.1, -0.05) is 27.5 Å². The Kier molecular flexibility index (Phi) is 6.40. The van der Waals surface area contributed by atoms with Gasteiger partial charge < -0.3 is 15.6 Å². The third kappa shape index (κ3) is 5.11. The molecule has 0 atom stereocenters. The molecule has 0 radical (unpaired) electrons. The first-order valence-electron chi connectivity index (χ1n) is 11.2. The molecule has 2 aromatic heterocycles. The van der Waals surface area contributed by atoms with Gasteiger partial charge in [-0.3, -0.25) is 4.79 Å². The summed E-state index contributed by atoms with van der Waals surface area (Å²) >= 11 is 9.55. The number of pyridine rings is 1. The smallest absolute Gasteiger partial charge is 0.382 e. The van der Waals surface area contributed by atoms with Crippen LogP contribution in [0.1, 0.15) is 41.7 Å². The van der Waals surface area contributed by atoms with Crippen molar-refractivity contribution < 1.29 is 18.0 Å². The summed E-state index contributed by atoms with van der Waals surface area (Å²) in [5, 5.41) is 8.31. The number of aromatic nitrogens is 2. The lowest BCUT2D eigenvalue weighted by molar-refractivity contribution is -0.140. The number of hydrogen-bond donors (Lipinski definition) is 3. The SMILES string of the molecule is O=C(NC1CCC(Nc2cc(C(F)(F)F)nc3ccc(Cl)cc23)CC1)c1cc(Br)cc2cc[nH]c12. The minimum atomic E-state index is -4.55. The minimum Gasteiger partial charge on any atom is -0.382 e. The Hall–Kier alpha value is -2.78. The molecule has 1 fully saturated rings. The molecular formula is C25H21BrClF3N4O. The standard InChI is InChI=1S/C25H21BrClF3N4O/c26-14-9-13-7-8-31-23(13)19(10-14)24(35)33-17-4-2-16(3-5-17)32-21-12-22(25(28,29)30)34-20-6-1-15(27)11-18(20)21/h1,6-12,16-17,31H,2-5H2,(H,32,34)(H,33,35). The highest BCUT2D eigenvalue weighted by Gasteiger charge is 2.34. The predicted octanol–water partition coefficient (Wildman–Crippen LogP) is 7.30. The van der Waals surface area contributed by atoms with E-state index in [2.05, 4.69) is 36.5 Å². The number of carbonyl (C=O) groups excluding carboxylic acids is 1. The van der Waals surface area contributed by atoms with Crippen molar-refractivity contribution in [2.75, 3.05) is 5.32 Å². The van der Waals surface area contributed by atoms with Crippen LogP contribution in [-0.2, 0) is 6.18 Å². The second kappa shape index (κ2) is 9.35. The minimum absolute atomic E-state index is 0.0149. The molecule has 5 rings (SSSR count). The maximum atomic E-state index is 13.4. The molecule has 1 saturated carbocycles. The highest BCUT2D eigenvalue weighted by molar-refractivity contribution is 9.10. The number of halogens is 5. The van der Waals surface area contributed by atoms with Gasteiger partial charge in [-0.2, -0.15) is 13.2 Å². The van der Waals surface area contributed by atoms with E-state index in [-0.39, 0.29) is 23.5 Å². The number of alkyl halides is 3. The number of H-pyrrole nitrogens is 1. The fraction of sp³-hybridized carbons (Fsp3) is 0.280. The third-order valence-corrected chi connectivity index (χ3v) is 7.04. The van der Waals surface area contributed by atoms with Gasteiger partial charge in [-0.15, -0.1) is 0 Å². The van der Waals surface area contributed by atoms with E-state index in [4.69, 9.17) is 11.6 Å². The van der Waals surface area contributed by atoms with Gasteiger partial charge in [0.2, 0.25) is 0 Å². The number of aromatic amines is 1. The van der Waals surface area contributed by atoms with Crippen molar-refractivity contribution in [1.29, 1.82) is 0 Å². The first-order valence-corrected chi connectivity index (χ1v) is 12.4. The third-order valence-electron chi connectivity index (χ3n) is 6.35. The van der Waals surface area contributed by atoms with Crippen molar-refractivity contribution in [2.24, 2.45) is 0 Å². The van der Waals surface area contributed by atoms with E-state index >= 15 is 0 Å². The predicted molar refractivity (Wildman–Crippen MR) is 135 cm³/mol. The molecule has 2 heterocycles. The number of nitrogens with one attached hydrogen (secondary N) is 3. The van der Waals surface area contributed by atoms with Crippen molar-refractivity contribution in [3.05, 3.63) is 69.4 Å². The van der Waals surface area contributed by atoms with Gasteiger partial charge in [-0.05, 0) is 68.1 Å². The average molecular weight is 566 g/mol. The highest BCUT2D eigenvalue weighted by atomic mass is 79.9. The Morgan fingerprint density at radius 3 is 2.54 bits per heavy atom. The first-order chi connectivity index (χ1) is 16.7. The number of anilines is 1. The largest absolute Gasteiger partial charge is 0.433 e. The summed E-state index contributed by atoms with van der Waals surface area (Å²) in [4.78, 5) is 19.8. The average Bonchev–Trinajstić information content (AvgIpc) is 3.27. The summed E-state index contributed by atoms with van der Waals surface area (Å²) in [6.07, 6.45) is 0.0661. The molecule has 0 bridgehead atoms. The van der Waals surface area contributed by atoms with Crippen LogP contribution in [0.4, 0.5) is 18.9 Å². The van der Waals surface area contributed by atoms with E-state index in [1.807, 2.05) is 12.1 Å². The van der Waals surface area contributed by atoms with Crippen LogP contribution in [0.2, 0.25) is 5.02 Å². The van der Waals surface area contributed by atoms with Crippen molar-refractivity contribution in [3.8, 4) is 0 Å². The van der Waals surface area contributed by atoms with Crippen LogP contribution < -0.4 is 10.6 Å². The van der Waals surface area contributed by atoms with Gasteiger partial charge >= 0.3 is 6.18 Å².